The Morgan fingerprint density at radius 2 is 2.00 bits per heavy atom. The Morgan fingerprint density at radius 3 is 2.43 bits per heavy atom. The number of sulfone groups is 1. The fourth-order valence-corrected chi connectivity index (χ4v) is 2.88. The van der Waals surface area contributed by atoms with Gasteiger partial charge in [-0.15, -0.1) is 0 Å². The van der Waals surface area contributed by atoms with Crippen LogP contribution in [0.25, 0.3) is 0 Å². The van der Waals surface area contributed by atoms with Gasteiger partial charge in [0, 0.05) is 12.0 Å². The van der Waals surface area contributed by atoms with E-state index < -0.39 is 9.84 Å². The van der Waals surface area contributed by atoms with Crippen molar-refractivity contribution in [1.29, 1.82) is 0 Å². The smallest absolute Gasteiger partial charge is 0.222 e. The van der Waals surface area contributed by atoms with Gasteiger partial charge in [-0.3, -0.25) is 4.79 Å². The highest BCUT2D eigenvalue weighted by molar-refractivity contribution is 7.92. The zero-order valence-corrected chi connectivity index (χ0v) is 8.64. The van der Waals surface area contributed by atoms with Crippen molar-refractivity contribution in [3.05, 3.63) is 0 Å². The van der Waals surface area contributed by atoms with E-state index >= 15 is 0 Å². The van der Waals surface area contributed by atoms with Crippen LogP contribution in [-0.4, -0.2) is 37.4 Å². The summed E-state index contributed by atoms with van der Waals surface area (Å²) in [5.41, 5.74) is 5.46. The highest BCUT2D eigenvalue weighted by Gasteiger charge is 2.41. The number of carbonyl (C=O) groups excluding carboxylic acids is 1. The molecular weight excluding hydrogens is 204 g/mol. The Hall–Kier alpha value is -0.620. The number of nitrogens with one attached hydrogen (secondary N) is 1. The maximum absolute atomic E-state index is 11.3. The molecule has 2 fully saturated rings. The molecule has 0 spiro atoms. The number of rotatable bonds is 3. The predicted molar refractivity (Wildman–Crippen MR) is 51.4 cm³/mol. The summed E-state index contributed by atoms with van der Waals surface area (Å²) >= 11 is 0. The molecule has 0 aromatic rings. The van der Waals surface area contributed by atoms with E-state index in [0.29, 0.717) is 6.42 Å². The summed E-state index contributed by atoms with van der Waals surface area (Å²) in [6.07, 6.45) is 2.11. The van der Waals surface area contributed by atoms with Crippen LogP contribution in [0.5, 0.6) is 0 Å². The van der Waals surface area contributed by atoms with Gasteiger partial charge in [-0.25, -0.2) is 8.42 Å². The van der Waals surface area contributed by atoms with Crippen molar-refractivity contribution in [3.63, 3.8) is 0 Å². The summed E-state index contributed by atoms with van der Waals surface area (Å²) in [6, 6.07) is -0.185. The van der Waals surface area contributed by atoms with E-state index in [0.717, 1.165) is 12.8 Å². The van der Waals surface area contributed by atoms with Crippen LogP contribution in [0.4, 0.5) is 0 Å². The molecule has 1 amide bonds. The van der Waals surface area contributed by atoms with Crippen molar-refractivity contribution in [2.24, 2.45) is 5.73 Å². The normalized spacial score (nSPS) is 27.8. The van der Waals surface area contributed by atoms with Crippen molar-refractivity contribution >= 4 is 15.7 Å². The molecule has 0 radical (unpaired) electrons. The molecule has 14 heavy (non-hydrogen) atoms. The molecule has 6 heteroatoms. The number of hydrogen-bond acceptors (Lipinski definition) is 4. The topological polar surface area (TPSA) is 89.3 Å². The van der Waals surface area contributed by atoms with Gasteiger partial charge in [0.25, 0.3) is 0 Å². The number of hydrogen-bond donors (Lipinski definition) is 2. The number of nitrogens with two attached hydrogens (primary N) is 1. The van der Waals surface area contributed by atoms with E-state index in [1.54, 1.807) is 0 Å². The quantitative estimate of drug-likeness (QED) is 0.621. The van der Waals surface area contributed by atoms with E-state index in [-0.39, 0.29) is 29.0 Å². The molecule has 80 valence electrons. The number of amides is 1. The zero-order chi connectivity index (χ0) is 10.4. The maximum Gasteiger partial charge on any atom is 0.222 e. The van der Waals surface area contributed by atoms with Gasteiger partial charge in [-0.05, 0) is 12.8 Å². The SMILES string of the molecule is NC1(CC(=O)NC2CS(=O)(=O)C2)CC1. The van der Waals surface area contributed by atoms with Gasteiger partial charge in [0.1, 0.15) is 0 Å². The largest absolute Gasteiger partial charge is 0.351 e. The van der Waals surface area contributed by atoms with Gasteiger partial charge in [-0.2, -0.15) is 0 Å². The second-order valence-electron chi connectivity index (χ2n) is 4.38. The molecule has 1 aliphatic carbocycles. The van der Waals surface area contributed by atoms with Gasteiger partial charge < -0.3 is 11.1 Å². The Kier molecular flexibility index (Phi) is 2.08. The summed E-state index contributed by atoms with van der Waals surface area (Å²) < 4.78 is 21.6. The molecule has 1 saturated carbocycles. The summed E-state index contributed by atoms with van der Waals surface area (Å²) in [4.78, 5) is 11.3. The summed E-state index contributed by atoms with van der Waals surface area (Å²) in [7, 11) is -2.85. The molecule has 0 atom stereocenters. The van der Waals surface area contributed by atoms with Crippen LogP contribution < -0.4 is 11.1 Å². The first kappa shape index (κ1) is 9.92. The number of carbonyl (C=O) groups is 1. The van der Waals surface area contributed by atoms with Gasteiger partial charge in [0.2, 0.25) is 5.91 Å². The first-order valence-electron chi connectivity index (χ1n) is 4.67. The standard InChI is InChI=1S/C8H14N2O3S/c9-8(1-2-8)3-7(11)10-6-4-14(12,13)5-6/h6H,1-5,9H2,(H,10,11). The van der Waals surface area contributed by atoms with E-state index in [1.807, 2.05) is 0 Å². The van der Waals surface area contributed by atoms with E-state index in [2.05, 4.69) is 5.32 Å². The molecule has 2 aliphatic rings. The Bertz CT molecular complexity index is 347. The fraction of sp³-hybridized carbons (Fsp3) is 0.875. The molecule has 0 aromatic carbocycles. The lowest BCUT2D eigenvalue weighted by atomic mass is 10.2. The highest BCUT2D eigenvalue weighted by Crippen LogP contribution is 2.35. The van der Waals surface area contributed by atoms with Crippen LogP contribution in [0.3, 0.4) is 0 Å². The third-order valence-corrected chi connectivity index (χ3v) is 4.50. The van der Waals surface area contributed by atoms with Gasteiger partial charge in [0.05, 0.1) is 17.5 Å². The van der Waals surface area contributed by atoms with Gasteiger partial charge in [-0.1, -0.05) is 0 Å². The lowest BCUT2D eigenvalue weighted by molar-refractivity contribution is -0.122. The second-order valence-corrected chi connectivity index (χ2v) is 6.53. The minimum Gasteiger partial charge on any atom is -0.351 e. The lowest BCUT2D eigenvalue weighted by Gasteiger charge is -2.27. The van der Waals surface area contributed by atoms with Crippen LogP contribution in [0.15, 0.2) is 0 Å². The minimum absolute atomic E-state index is 0.0797. The van der Waals surface area contributed by atoms with Crippen LogP contribution >= 0.6 is 0 Å². The molecular formula is C8H14N2O3S. The summed E-state index contributed by atoms with van der Waals surface area (Å²) in [5, 5.41) is 2.67. The van der Waals surface area contributed by atoms with E-state index in [1.165, 1.54) is 0 Å². The molecule has 0 aromatic heterocycles. The van der Waals surface area contributed by atoms with Crippen LogP contribution in [0, 0.1) is 0 Å². The maximum atomic E-state index is 11.3. The Morgan fingerprint density at radius 1 is 1.43 bits per heavy atom. The van der Waals surface area contributed by atoms with Crippen molar-refractivity contribution in [3.8, 4) is 0 Å². The second kappa shape index (κ2) is 2.93. The molecule has 0 bridgehead atoms. The van der Waals surface area contributed by atoms with Crippen LogP contribution in [-0.2, 0) is 14.6 Å². The van der Waals surface area contributed by atoms with Crippen LogP contribution in [0.2, 0.25) is 0 Å². The molecule has 1 heterocycles. The zero-order valence-electron chi connectivity index (χ0n) is 7.82. The highest BCUT2D eigenvalue weighted by atomic mass is 32.2. The minimum atomic E-state index is -2.85. The third kappa shape index (κ3) is 2.24. The Labute approximate surface area is 83.0 Å². The molecule has 1 aliphatic heterocycles. The Balaban J connectivity index is 1.74. The van der Waals surface area contributed by atoms with E-state index in [9.17, 15) is 13.2 Å². The van der Waals surface area contributed by atoms with Gasteiger partial charge in [0.15, 0.2) is 9.84 Å². The summed E-state index contributed by atoms with van der Waals surface area (Å²) in [6.45, 7) is 0. The molecule has 2 rings (SSSR count). The molecule has 5 nitrogen and oxygen atoms in total. The average molecular weight is 218 g/mol. The third-order valence-electron chi connectivity index (χ3n) is 2.68. The first-order chi connectivity index (χ1) is 6.39. The first-order valence-corrected chi connectivity index (χ1v) is 6.49. The average Bonchev–Trinajstić information content (AvgIpc) is 2.62. The summed E-state index contributed by atoms with van der Waals surface area (Å²) in [5.74, 6) is 0.0389. The molecule has 3 N–H and O–H groups in total. The molecule has 0 unspecified atom stereocenters. The van der Waals surface area contributed by atoms with Crippen molar-refractivity contribution in [2.75, 3.05) is 11.5 Å². The van der Waals surface area contributed by atoms with Crippen molar-refractivity contribution in [2.45, 2.75) is 30.8 Å². The van der Waals surface area contributed by atoms with E-state index in [4.69, 9.17) is 5.73 Å². The monoisotopic (exact) mass is 218 g/mol. The fourth-order valence-electron chi connectivity index (χ4n) is 1.58. The van der Waals surface area contributed by atoms with Crippen LogP contribution in [0.1, 0.15) is 19.3 Å². The lowest BCUT2D eigenvalue weighted by Crippen LogP contribution is -2.53. The molecule has 1 saturated heterocycles. The predicted octanol–water partition coefficient (Wildman–Crippen LogP) is -1.22. The van der Waals surface area contributed by atoms with Crippen molar-refractivity contribution < 1.29 is 13.2 Å². The van der Waals surface area contributed by atoms with Crippen molar-refractivity contribution in [1.82, 2.24) is 5.32 Å². The van der Waals surface area contributed by atoms with Gasteiger partial charge >= 0.3 is 0 Å².